The monoisotopic (exact) mass is 494 g/mol. The molecule has 5 rings (SSSR count). The molecule has 2 aromatic carbocycles. The number of aryl methyl sites for hydroxylation is 2. The Bertz CT molecular complexity index is 1320. The van der Waals surface area contributed by atoms with Gasteiger partial charge in [0, 0.05) is 24.2 Å². The Balaban J connectivity index is 1.27. The van der Waals surface area contributed by atoms with Crippen molar-refractivity contribution < 1.29 is 17.6 Å². The van der Waals surface area contributed by atoms with Gasteiger partial charge in [-0.1, -0.05) is 25.0 Å². The quantitative estimate of drug-likeness (QED) is 0.559. The van der Waals surface area contributed by atoms with Crippen molar-refractivity contribution in [1.29, 1.82) is 0 Å². The molecule has 2 heterocycles. The Morgan fingerprint density at radius 2 is 1.66 bits per heavy atom. The number of amides is 1. The van der Waals surface area contributed by atoms with E-state index in [1.807, 2.05) is 6.07 Å². The largest absolute Gasteiger partial charge is 0.403 e. The normalized spacial score (nSPS) is 20.9. The number of sulfonamides is 1. The lowest BCUT2D eigenvalue weighted by molar-refractivity contribution is 0.102. The minimum atomic E-state index is -3.60. The van der Waals surface area contributed by atoms with E-state index in [9.17, 15) is 13.2 Å². The highest BCUT2D eigenvalue weighted by molar-refractivity contribution is 7.89. The van der Waals surface area contributed by atoms with Gasteiger partial charge in [0.25, 0.3) is 5.91 Å². The summed E-state index contributed by atoms with van der Waals surface area (Å²) in [7, 11) is -3.60. The fourth-order valence-electron chi connectivity index (χ4n) is 5.16. The zero-order valence-electron chi connectivity index (χ0n) is 20.0. The van der Waals surface area contributed by atoms with Gasteiger partial charge in [0.1, 0.15) is 0 Å². The summed E-state index contributed by atoms with van der Waals surface area (Å²) in [4.78, 5) is 12.9. The molecule has 0 radical (unpaired) electrons. The van der Waals surface area contributed by atoms with E-state index in [-0.39, 0.29) is 10.9 Å². The summed E-state index contributed by atoms with van der Waals surface area (Å²) >= 11 is 0. The van der Waals surface area contributed by atoms with E-state index in [1.54, 1.807) is 4.31 Å². The molecule has 2 aliphatic rings. The second-order valence-corrected chi connectivity index (χ2v) is 11.8. The number of anilines is 1. The van der Waals surface area contributed by atoms with Crippen LogP contribution in [0, 0.1) is 11.8 Å². The van der Waals surface area contributed by atoms with Gasteiger partial charge in [0.2, 0.25) is 15.9 Å². The molecule has 2 atom stereocenters. The molecule has 1 amide bonds. The molecule has 1 aromatic heterocycles. The Kier molecular flexibility index (Phi) is 6.46. The van der Waals surface area contributed by atoms with Crippen LogP contribution in [-0.4, -0.2) is 41.9 Å². The average Bonchev–Trinajstić information content (AvgIpc) is 3.31. The minimum Gasteiger partial charge on any atom is -0.403 e. The van der Waals surface area contributed by atoms with Crippen LogP contribution in [0.1, 0.15) is 54.6 Å². The SMILES string of the molecule is C[C@H]1C[C@H](C)CN(S(=O)(=O)c2ccc(C(=O)Nc3nnc(-c4ccc5c(c4)CCCC5)o3)cc2)C1. The van der Waals surface area contributed by atoms with E-state index in [4.69, 9.17) is 4.42 Å². The molecule has 1 N–H and O–H groups in total. The molecule has 0 unspecified atom stereocenters. The summed E-state index contributed by atoms with van der Waals surface area (Å²) in [5, 5.41) is 10.6. The Morgan fingerprint density at radius 3 is 2.37 bits per heavy atom. The van der Waals surface area contributed by atoms with E-state index in [0.717, 1.165) is 24.8 Å². The molecule has 1 aliphatic heterocycles. The molecule has 0 spiro atoms. The fraction of sp³-hybridized carbons (Fsp3) is 0.423. The summed E-state index contributed by atoms with van der Waals surface area (Å²) in [5.41, 5.74) is 3.80. The average molecular weight is 495 g/mol. The highest BCUT2D eigenvalue weighted by Crippen LogP contribution is 2.29. The van der Waals surface area contributed by atoms with Crippen LogP contribution < -0.4 is 5.32 Å². The third kappa shape index (κ3) is 5.01. The maximum atomic E-state index is 13.1. The number of aromatic nitrogens is 2. The first kappa shape index (κ1) is 23.7. The van der Waals surface area contributed by atoms with E-state index in [1.165, 1.54) is 48.2 Å². The molecule has 8 nitrogen and oxygen atoms in total. The zero-order valence-corrected chi connectivity index (χ0v) is 20.8. The standard InChI is InChI=1S/C26H30N4O4S/c1-17-13-18(2)16-30(15-17)35(32,33)23-11-9-20(10-12-23)24(31)27-26-29-28-25(34-26)22-8-7-19-5-3-4-6-21(19)14-22/h7-12,14,17-18H,3-6,13,15-16H2,1-2H3,(H,27,29,31)/t17-,18-/m0/s1. The van der Waals surface area contributed by atoms with Gasteiger partial charge >= 0.3 is 6.01 Å². The highest BCUT2D eigenvalue weighted by atomic mass is 32.2. The molecule has 0 saturated carbocycles. The van der Waals surface area contributed by atoms with Crippen LogP contribution in [0.3, 0.4) is 0 Å². The summed E-state index contributed by atoms with van der Waals surface area (Å²) in [6.45, 7) is 5.16. The van der Waals surface area contributed by atoms with E-state index in [2.05, 4.69) is 41.5 Å². The topological polar surface area (TPSA) is 105 Å². The maximum Gasteiger partial charge on any atom is 0.322 e. The van der Waals surface area contributed by atoms with Crippen molar-refractivity contribution in [3.63, 3.8) is 0 Å². The number of nitrogens with zero attached hydrogens (tertiary/aromatic N) is 3. The van der Waals surface area contributed by atoms with Crippen molar-refractivity contribution in [1.82, 2.24) is 14.5 Å². The summed E-state index contributed by atoms with van der Waals surface area (Å²) < 4.78 is 33.4. The van der Waals surface area contributed by atoms with Crippen molar-refractivity contribution >= 4 is 21.9 Å². The second kappa shape index (κ2) is 9.54. The van der Waals surface area contributed by atoms with Crippen molar-refractivity contribution in [3.8, 4) is 11.5 Å². The van der Waals surface area contributed by atoms with Crippen LogP contribution >= 0.6 is 0 Å². The third-order valence-electron chi connectivity index (χ3n) is 6.83. The number of rotatable bonds is 5. The molecular formula is C26H30N4O4S. The molecular weight excluding hydrogens is 464 g/mol. The first-order chi connectivity index (χ1) is 16.8. The van der Waals surface area contributed by atoms with Gasteiger partial charge in [0.05, 0.1) is 4.90 Å². The highest BCUT2D eigenvalue weighted by Gasteiger charge is 2.31. The lowest BCUT2D eigenvalue weighted by atomic mass is 9.90. The van der Waals surface area contributed by atoms with Crippen LogP contribution in [0.5, 0.6) is 0 Å². The molecule has 184 valence electrons. The summed E-state index contributed by atoms with van der Waals surface area (Å²) in [6.07, 6.45) is 5.55. The Labute approximate surface area is 205 Å². The zero-order chi connectivity index (χ0) is 24.6. The number of carbonyl (C=O) groups is 1. The Hall–Kier alpha value is -3.04. The molecule has 1 saturated heterocycles. The minimum absolute atomic E-state index is 0.00397. The van der Waals surface area contributed by atoms with Gasteiger partial charge in [-0.05, 0) is 91.5 Å². The molecule has 3 aromatic rings. The van der Waals surface area contributed by atoms with Crippen LogP contribution in [-0.2, 0) is 22.9 Å². The van der Waals surface area contributed by atoms with Crippen molar-refractivity contribution in [2.24, 2.45) is 11.8 Å². The number of hydrogen-bond acceptors (Lipinski definition) is 6. The fourth-order valence-corrected chi connectivity index (χ4v) is 6.84. The predicted molar refractivity (Wildman–Crippen MR) is 132 cm³/mol. The summed E-state index contributed by atoms with van der Waals surface area (Å²) in [5.74, 6) is 0.535. The van der Waals surface area contributed by atoms with Gasteiger partial charge in [0.15, 0.2) is 0 Å². The molecule has 1 aliphatic carbocycles. The van der Waals surface area contributed by atoms with Gasteiger partial charge in [-0.2, -0.15) is 4.31 Å². The molecule has 0 bridgehead atoms. The van der Waals surface area contributed by atoms with E-state index in [0.29, 0.717) is 36.4 Å². The number of benzene rings is 2. The lowest BCUT2D eigenvalue weighted by Crippen LogP contribution is -2.42. The number of hydrogen-bond donors (Lipinski definition) is 1. The van der Waals surface area contributed by atoms with Gasteiger partial charge in [-0.15, -0.1) is 5.10 Å². The first-order valence-electron chi connectivity index (χ1n) is 12.2. The number of piperidine rings is 1. The summed E-state index contributed by atoms with van der Waals surface area (Å²) in [6, 6.07) is 12.1. The van der Waals surface area contributed by atoms with E-state index < -0.39 is 15.9 Å². The third-order valence-corrected chi connectivity index (χ3v) is 8.68. The van der Waals surface area contributed by atoms with Crippen LogP contribution in [0.15, 0.2) is 51.8 Å². The van der Waals surface area contributed by atoms with Crippen LogP contribution in [0.2, 0.25) is 0 Å². The van der Waals surface area contributed by atoms with E-state index >= 15 is 0 Å². The Morgan fingerprint density at radius 1 is 0.971 bits per heavy atom. The lowest BCUT2D eigenvalue weighted by Gasteiger charge is -2.34. The van der Waals surface area contributed by atoms with Crippen molar-refractivity contribution in [2.45, 2.75) is 50.8 Å². The number of carbonyl (C=O) groups excluding carboxylic acids is 1. The molecule has 9 heteroatoms. The smallest absolute Gasteiger partial charge is 0.322 e. The van der Waals surface area contributed by atoms with Crippen molar-refractivity contribution in [3.05, 3.63) is 59.2 Å². The maximum absolute atomic E-state index is 13.1. The first-order valence-corrected chi connectivity index (χ1v) is 13.6. The van der Waals surface area contributed by atoms with Crippen molar-refractivity contribution in [2.75, 3.05) is 18.4 Å². The van der Waals surface area contributed by atoms with Gasteiger partial charge < -0.3 is 4.42 Å². The van der Waals surface area contributed by atoms with Crippen LogP contribution in [0.25, 0.3) is 11.5 Å². The molecule has 35 heavy (non-hydrogen) atoms. The van der Waals surface area contributed by atoms with Gasteiger partial charge in [-0.25, -0.2) is 8.42 Å². The number of fused-ring (bicyclic) bond motifs is 1. The predicted octanol–water partition coefficient (Wildman–Crippen LogP) is 4.53. The second-order valence-electron chi connectivity index (χ2n) is 9.85. The van der Waals surface area contributed by atoms with Gasteiger partial charge in [-0.3, -0.25) is 10.1 Å². The molecule has 1 fully saturated rings. The van der Waals surface area contributed by atoms with Crippen LogP contribution in [0.4, 0.5) is 6.01 Å². The number of nitrogens with one attached hydrogen (secondary N) is 1.